The van der Waals surface area contributed by atoms with E-state index in [1.165, 1.54) is 30.4 Å². The molecule has 0 bridgehead atoms. The van der Waals surface area contributed by atoms with Gasteiger partial charge in [0.25, 0.3) is 18.2 Å². The first kappa shape index (κ1) is 77.2. The molecular weight excluding hydrogens is 1330 g/mol. The Hall–Kier alpha value is -7.17. The second-order valence-corrected chi connectivity index (χ2v) is 25.1. The van der Waals surface area contributed by atoms with Crippen molar-refractivity contribution in [3.63, 3.8) is 0 Å². The van der Waals surface area contributed by atoms with E-state index in [0.717, 1.165) is 91.4 Å². The number of nitrogens with one attached hydrogen (secondary N) is 5. The van der Waals surface area contributed by atoms with Gasteiger partial charge < -0.3 is 102 Å². The second kappa shape index (κ2) is 36.1. The molecule has 5 heterocycles. The van der Waals surface area contributed by atoms with Crippen LogP contribution in [0.3, 0.4) is 0 Å². The van der Waals surface area contributed by atoms with Gasteiger partial charge >= 0.3 is 29.6 Å². The number of aromatic hydroxyl groups is 1. The monoisotopic (exact) mass is 1400 g/mol. The van der Waals surface area contributed by atoms with E-state index in [-0.39, 0.29) is 53.0 Å². The first-order valence-electron chi connectivity index (χ1n) is 30.8. The van der Waals surface area contributed by atoms with Crippen LogP contribution >= 0.6 is 23.7 Å². The van der Waals surface area contributed by atoms with Gasteiger partial charge in [0.2, 0.25) is 46.3 Å². The fourth-order valence-electron chi connectivity index (χ4n) is 11.4. The predicted molar refractivity (Wildman–Crippen MR) is 335 cm³/mol. The van der Waals surface area contributed by atoms with Crippen molar-refractivity contribution in [1.29, 1.82) is 0 Å². The average Bonchev–Trinajstić information content (AvgIpc) is 1.63. The number of imidazole rings is 1. The molecule has 3 aliphatic heterocycles. The van der Waals surface area contributed by atoms with Crippen molar-refractivity contribution in [2.24, 2.45) is 11.7 Å². The third-order valence-electron chi connectivity index (χ3n) is 16.5. The number of methoxy groups -OCH3 is 1. The van der Waals surface area contributed by atoms with Crippen molar-refractivity contribution in [3.05, 3.63) is 84.1 Å². The molecule has 5 aromatic rings. The summed E-state index contributed by atoms with van der Waals surface area (Å²) in [6.07, 6.45) is -7.97. The fraction of sp³-hybridized carbons (Fsp3) is 0.508. The van der Waals surface area contributed by atoms with Gasteiger partial charge in [0, 0.05) is 68.8 Å². The van der Waals surface area contributed by atoms with Crippen LogP contribution in [-0.4, -0.2) is 225 Å². The largest absolute Gasteiger partial charge is 1.00 e. The number of carbonyl (C=O) groups is 8. The fourth-order valence-corrected chi connectivity index (χ4v) is 12.5. The molecule has 97 heavy (non-hydrogen) atoms. The number of phenolic OH excluding ortho intramolecular Hbond substituents is 1. The molecule has 14 unspecified atom stereocenters. The number of nitrogens with two attached hydrogens (primary N) is 1. The quantitative estimate of drug-likeness (QED) is 0.00853. The summed E-state index contributed by atoms with van der Waals surface area (Å²) < 4.78 is 21.7. The molecule has 33 nitrogen and oxygen atoms in total. The molecule has 0 aliphatic carbocycles. The van der Waals surface area contributed by atoms with Crippen LogP contribution in [0.15, 0.2) is 72.9 Å². The Morgan fingerprint density at radius 1 is 0.794 bits per heavy atom. The third kappa shape index (κ3) is 20.0. The Balaban J connectivity index is 0.0000133. The zero-order valence-corrected chi connectivity index (χ0v) is 57.0. The molecule has 14 atom stereocenters. The topological polar surface area (TPSA) is 490 Å². The first-order valence-corrected chi connectivity index (χ1v) is 32.3. The first-order chi connectivity index (χ1) is 45.9. The van der Waals surface area contributed by atoms with Crippen LogP contribution in [0.5, 0.6) is 17.2 Å². The zero-order chi connectivity index (χ0) is 69.5. The normalized spacial score (nSPS) is 24.3. The number of unbranched alkanes of at least 4 members (excludes halogenated alkanes) is 5. The van der Waals surface area contributed by atoms with E-state index >= 15 is 0 Å². The van der Waals surface area contributed by atoms with E-state index in [9.17, 15) is 84.5 Å². The number of primary amides is 1. The molecule has 15 N–H and O–H groups in total. The van der Waals surface area contributed by atoms with Crippen LogP contribution in [0.2, 0.25) is 0 Å². The van der Waals surface area contributed by atoms with Crippen LogP contribution < -0.4 is 76.1 Å². The van der Waals surface area contributed by atoms with Gasteiger partial charge in [-0.25, -0.2) is 9.50 Å². The number of fused-ring (bicyclic) bond motifs is 3. The molecule has 2 aromatic heterocycles. The number of ether oxygens (including phenoxy) is 2. The molecule has 36 heteroatoms. The number of aliphatic hydroxyl groups is 7. The van der Waals surface area contributed by atoms with E-state index in [1.54, 1.807) is 30.0 Å². The summed E-state index contributed by atoms with van der Waals surface area (Å²) in [6.45, 7) is 2.06. The van der Waals surface area contributed by atoms with Gasteiger partial charge in [-0.15, -0.1) is 4.33 Å². The van der Waals surface area contributed by atoms with E-state index in [1.807, 2.05) is 24.3 Å². The van der Waals surface area contributed by atoms with E-state index in [0.29, 0.717) is 27.8 Å². The van der Waals surface area contributed by atoms with Crippen LogP contribution in [0, 0.1) is 5.92 Å². The van der Waals surface area contributed by atoms with Crippen LogP contribution in [0.25, 0.3) is 26.8 Å². The summed E-state index contributed by atoms with van der Waals surface area (Å²) in [6, 6.07) is 4.18. The maximum Gasteiger partial charge on any atom is 1.00 e. The summed E-state index contributed by atoms with van der Waals surface area (Å²) in [7, 11) is 1.71. The minimum atomic E-state index is -2.54. The standard InChI is InChI=1S/C61H79N11O22S2.Na/c1-30-27-71-49(50(30)79)57(86)63-26-36(74)23-39(64-53(82)33-12-10-32(11-13-33)40-29-72-61(65-40)95-58(69-72)34-14-17-38(18-15-34)91-21-9-7-5-4-6-8-20-90-3)54(83)66-46(31(2)73)59(87)70-28-37(75)24-41(70)55(84)68-48(56(85)67-47(60(71)88)43(77)25-45(62)78)52(81)51(80)35-16-19-42(76)44(22-35)92-96-94-93-89;/h10-19,22,29-31,36-37,39,41,43,46-52,73-77,79-81,89H,4-9,20-21,23-28H2,1-3H3,(H2,62,78)(H,63,86)(H,64,82)(H,66,83)(H,67,85)(H,68,84);/q;+1/p-1. The van der Waals surface area contributed by atoms with Crippen molar-refractivity contribution in [2.45, 2.75) is 151 Å². The number of aromatic nitrogens is 3. The molecule has 3 fully saturated rings. The minimum Gasteiger partial charge on any atom is -0.691 e. The van der Waals surface area contributed by atoms with Gasteiger partial charge in [0.05, 0.1) is 55.4 Å². The molecule has 8 rings (SSSR count). The molecule has 522 valence electrons. The summed E-state index contributed by atoms with van der Waals surface area (Å²) in [5.41, 5.74) is 6.94. The number of nitrogens with zero attached hydrogens (tertiary/aromatic N) is 5. The molecular formula is C61H78N11NaO22S2. The number of hydrogen-bond donors (Lipinski definition) is 14. The van der Waals surface area contributed by atoms with Crippen molar-refractivity contribution in [3.8, 4) is 39.1 Å². The van der Waals surface area contributed by atoms with Gasteiger partial charge in [-0.1, -0.05) is 62.1 Å². The smallest absolute Gasteiger partial charge is 0.691 e. The number of carbonyl (C=O) groups excluding carboxylic acids is 8. The summed E-state index contributed by atoms with van der Waals surface area (Å²) in [4.78, 5) is 121. The summed E-state index contributed by atoms with van der Waals surface area (Å²) >= 11 is 1.26. The van der Waals surface area contributed by atoms with Crippen LogP contribution in [0.4, 0.5) is 0 Å². The Morgan fingerprint density at radius 3 is 2.10 bits per heavy atom. The molecule has 0 radical (unpaired) electrons. The van der Waals surface area contributed by atoms with Crippen molar-refractivity contribution in [2.75, 3.05) is 40.0 Å². The Bertz CT molecular complexity index is 3490. The van der Waals surface area contributed by atoms with Gasteiger partial charge in [-0.2, -0.15) is 5.10 Å². The second-order valence-electron chi connectivity index (χ2n) is 23.7. The van der Waals surface area contributed by atoms with Gasteiger partial charge in [-0.05, 0) is 73.9 Å². The maximum atomic E-state index is 14.7. The van der Waals surface area contributed by atoms with Crippen LogP contribution in [0.1, 0.15) is 93.7 Å². The number of hydrogen-bond acceptors (Lipinski definition) is 26. The molecule has 0 spiro atoms. The Labute approximate surface area is 585 Å². The predicted octanol–water partition coefficient (Wildman–Crippen LogP) is -5.32. The van der Waals surface area contributed by atoms with E-state index in [4.69, 9.17) is 29.5 Å². The van der Waals surface area contributed by atoms with Crippen molar-refractivity contribution in [1.82, 2.24) is 51.0 Å². The Kier molecular flexibility index (Phi) is 28.7. The number of β-amino-alcohol motifs (C(OH)–C–C–N with tert-alkyl or cyclic N) is 1. The number of rotatable bonds is 25. The third-order valence-corrected chi connectivity index (χ3v) is 17.9. The van der Waals surface area contributed by atoms with Crippen molar-refractivity contribution >= 4 is 75.9 Å². The van der Waals surface area contributed by atoms with E-state index in [2.05, 4.69) is 36.0 Å². The van der Waals surface area contributed by atoms with Gasteiger partial charge in [0.1, 0.15) is 59.2 Å². The van der Waals surface area contributed by atoms with Gasteiger partial charge in [-0.3, -0.25) is 43.4 Å². The van der Waals surface area contributed by atoms with E-state index < -0.39 is 183 Å². The average molecular weight is 1400 g/mol. The zero-order valence-electron chi connectivity index (χ0n) is 53.3. The van der Waals surface area contributed by atoms with Crippen LogP contribution in [-0.2, 0) is 47.7 Å². The van der Waals surface area contributed by atoms with Gasteiger partial charge in [0.15, 0.2) is 11.5 Å². The molecule has 3 aromatic carbocycles. The minimum absolute atomic E-state index is 0. The maximum absolute atomic E-state index is 14.7. The number of amides is 8. The number of aliphatic hydroxyl groups excluding tert-OH is 7. The molecule has 0 saturated carbocycles. The summed E-state index contributed by atoms with van der Waals surface area (Å²) in [5, 5.41) is 121. The molecule has 3 saturated heterocycles. The number of benzene rings is 3. The molecule has 8 amide bonds. The molecule has 3 aliphatic rings. The Morgan fingerprint density at radius 2 is 1.44 bits per heavy atom. The summed E-state index contributed by atoms with van der Waals surface area (Å²) in [5.74, 6) is -11.3. The number of phenols is 1. The SMILES string of the molecule is COCCCCCCCCOc1ccc(-c2nn3cc(-c4ccc(C(=O)NC5CC(O)CNC(=O)C6C(O)C(C)CN6C(=O)C(C(O)CC(N)=O)NC(=O)C(C(O)C(O)c6ccc(O)c(OSOO[O-])c6)NC(=O)C6CC(O)CN6C(=O)C(C(C)O)NC5=O)cc4)nc3s2)cc1.[Na+]. The van der Waals surface area contributed by atoms with Crippen molar-refractivity contribution < 1.29 is 137 Å².